The maximum atomic E-state index is 12.3. The summed E-state index contributed by atoms with van der Waals surface area (Å²) in [6.07, 6.45) is 15.3. The third-order valence-corrected chi connectivity index (χ3v) is 5.26. The van der Waals surface area contributed by atoms with Gasteiger partial charge in [0.15, 0.2) is 0 Å². The Kier molecular flexibility index (Phi) is 16.0. The predicted molar refractivity (Wildman–Crippen MR) is 114 cm³/mol. The third kappa shape index (κ3) is 13.5. The topological polar surface area (TPSA) is 29.5 Å². The van der Waals surface area contributed by atoms with Crippen LogP contribution in [0.4, 0.5) is 4.79 Å². The van der Waals surface area contributed by atoms with Crippen molar-refractivity contribution in [2.75, 3.05) is 13.6 Å². The van der Waals surface area contributed by atoms with E-state index in [4.69, 9.17) is 4.74 Å². The molecule has 0 aromatic carbocycles. The highest BCUT2D eigenvalue weighted by molar-refractivity contribution is 5.67. The molecule has 1 unspecified atom stereocenters. The van der Waals surface area contributed by atoms with E-state index in [0.717, 1.165) is 6.54 Å². The van der Waals surface area contributed by atoms with Gasteiger partial charge < -0.3 is 9.64 Å². The zero-order chi connectivity index (χ0) is 19.8. The fraction of sp³-hybridized carbons (Fsp3) is 0.957. The Morgan fingerprint density at radius 2 is 1.27 bits per heavy atom. The Bertz CT molecular complexity index is 316. The van der Waals surface area contributed by atoms with Gasteiger partial charge in [-0.2, -0.15) is 0 Å². The Morgan fingerprint density at radius 1 is 0.808 bits per heavy atom. The van der Waals surface area contributed by atoms with E-state index in [0.29, 0.717) is 11.8 Å². The molecule has 0 aromatic rings. The van der Waals surface area contributed by atoms with Crippen LogP contribution >= 0.6 is 0 Å². The maximum absolute atomic E-state index is 12.3. The number of hydrogen-bond acceptors (Lipinski definition) is 2. The van der Waals surface area contributed by atoms with Crippen LogP contribution in [0.25, 0.3) is 0 Å². The molecule has 0 saturated carbocycles. The Balaban J connectivity index is 4.40. The second-order valence-electron chi connectivity index (χ2n) is 8.53. The minimum atomic E-state index is -0.159. The quantitative estimate of drug-likeness (QED) is 0.265. The molecule has 1 amide bonds. The fourth-order valence-corrected chi connectivity index (χ4v) is 3.60. The van der Waals surface area contributed by atoms with Crippen molar-refractivity contribution in [3.05, 3.63) is 0 Å². The molecule has 0 spiro atoms. The van der Waals surface area contributed by atoms with Crippen LogP contribution < -0.4 is 0 Å². The molecule has 0 aliphatic heterocycles. The van der Waals surface area contributed by atoms with Crippen molar-refractivity contribution < 1.29 is 9.53 Å². The molecule has 0 saturated heterocycles. The molecule has 0 heterocycles. The molecule has 0 aliphatic carbocycles. The molecule has 0 N–H and O–H groups in total. The summed E-state index contributed by atoms with van der Waals surface area (Å²) >= 11 is 0. The van der Waals surface area contributed by atoms with E-state index in [9.17, 15) is 4.79 Å². The molecular weight excluding hydrogens is 322 g/mol. The number of ether oxygens (including phenoxy) is 1. The second kappa shape index (κ2) is 16.4. The first kappa shape index (κ1) is 25.3. The number of carbonyl (C=O) groups is 1. The van der Waals surface area contributed by atoms with E-state index in [2.05, 4.69) is 34.6 Å². The zero-order valence-electron chi connectivity index (χ0n) is 18.7. The third-order valence-electron chi connectivity index (χ3n) is 5.26. The smallest absolute Gasteiger partial charge is 0.409 e. The Labute approximate surface area is 164 Å². The fourth-order valence-electron chi connectivity index (χ4n) is 3.60. The van der Waals surface area contributed by atoms with Gasteiger partial charge in [-0.25, -0.2) is 4.79 Å². The highest BCUT2D eigenvalue weighted by Gasteiger charge is 2.22. The first-order chi connectivity index (χ1) is 12.4. The van der Waals surface area contributed by atoms with E-state index >= 15 is 0 Å². The lowest BCUT2D eigenvalue weighted by Crippen LogP contribution is -2.35. The van der Waals surface area contributed by atoms with Crippen LogP contribution in [0.5, 0.6) is 0 Å². The van der Waals surface area contributed by atoms with Crippen molar-refractivity contribution in [2.45, 2.75) is 118 Å². The van der Waals surface area contributed by atoms with Crippen molar-refractivity contribution in [3.8, 4) is 0 Å². The molecule has 3 nitrogen and oxygen atoms in total. The predicted octanol–water partition coefficient (Wildman–Crippen LogP) is 7.44. The molecule has 0 fully saturated rings. The molecule has 3 heteroatoms. The summed E-state index contributed by atoms with van der Waals surface area (Å²) in [7, 11) is 1.85. The van der Waals surface area contributed by atoms with E-state index < -0.39 is 0 Å². The molecular formula is C23H47NO2. The lowest BCUT2D eigenvalue weighted by atomic mass is 9.90. The summed E-state index contributed by atoms with van der Waals surface area (Å²) < 4.78 is 5.82. The van der Waals surface area contributed by atoms with Gasteiger partial charge in [0.1, 0.15) is 6.10 Å². The number of carbonyl (C=O) groups excluding carboxylic acids is 1. The maximum Gasteiger partial charge on any atom is 0.409 e. The number of unbranched alkanes of at least 4 members (excludes halogenated alkanes) is 8. The van der Waals surface area contributed by atoms with Crippen molar-refractivity contribution >= 4 is 6.09 Å². The van der Waals surface area contributed by atoms with Crippen LogP contribution in [0.15, 0.2) is 0 Å². The molecule has 0 radical (unpaired) electrons. The minimum absolute atomic E-state index is 0.0227. The first-order valence-electron chi connectivity index (χ1n) is 11.3. The Hall–Kier alpha value is -0.730. The lowest BCUT2D eigenvalue weighted by Gasteiger charge is -2.27. The van der Waals surface area contributed by atoms with Crippen molar-refractivity contribution in [2.24, 2.45) is 11.8 Å². The molecule has 1 atom stereocenters. The van der Waals surface area contributed by atoms with Gasteiger partial charge in [-0.1, -0.05) is 91.9 Å². The summed E-state index contributed by atoms with van der Waals surface area (Å²) in [5.74, 6) is 0.977. The molecule has 0 aliphatic rings. The normalized spacial score (nSPS) is 12.6. The number of amides is 1. The SMILES string of the molecule is CCCCCCCC(CCCCCCC)C(C)OC(=O)N(C)CC(C)C. The van der Waals surface area contributed by atoms with Crippen molar-refractivity contribution in [1.29, 1.82) is 0 Å². The standard InChI is InChI=1S/C23H47NO2/c1-7-9-11-13-15-17-22(18-16-14-12-10-8-2)21(5)26-23(25)24(6)19-20(3)4/h20-22H,7-19H2,1-6H3. The summed E-state index contributed by atoms with van der Waals surface area (Å²) in [5.41, 5.74) is 0. The zero-order valence-corrected chi connectivity index (χ0v) is 18.7. The first-order valence-corrected chi connectivity index (χ1v) is 11.3. The second-order valence-corrected chi connectivity index (χ2v) is 8.53. The summed E-state index contributed by atoms with van der Waals surface area (Å²) in [5, 5.41) is 0. The monoisotopic (exact) mass is 369 g/mol. The van der Waals surface area contributed by atoms with Gasteiger partial charge in [0.05, 0.1) is 0 Å². The highest BCUT2D eigenvalue weighted by atomic mass is 16.6. The summed E-state index contributed by atoms with van der Waals surface area (Å²) in [6.45, 7) is 11.6. The lowest BCUT2D eigenvalue weighted by molar-refractivity contribution is 0.0407. The van der Waals surface area contributed by atoms with Crippen molar-refractivity contribution in [1.82, 2.24) is 4.90 Å². The molecule has 0 rings (SSSR count). The molecule has 26 heavy (non-hydrogen) atoms. The van der Waals surface area contributed by atoms with E-state index in [1.165, 1.54) is 77.0 Å². The Morgan fingerprint density at radius 3 is 1.69 bits per heavy atom. The average Bonchev–Trinajstić information content (AvgIpc) is 2.58. The molecule has 0 bridgehead atoms. The van der Waals surface area contributed by atoms with Gasteiger partial charge in [-0.3, -0.25) is 0 Å². The van der Waals surface area contributed by atoms with Crippen LogP contribution in [0.2, 0.25) is 0 Å². The summed E-state index contributed by atoms with van der Waals surface area (Å²) in [4.78, 5) is 14.1. The van der Waals surface area contributed by atoms with E-state index in [1.54, 1.807) is 4.90 Å². The van der Waals surface area contributed by atoms with Crippen LogP contribution in [0.1, 0.15) is 112 Å². The largest absolute Gasteiger partial charge is 0.446 e. The van der Waals surface area contributed by atoms with Gasteiger partial charge in [-0.15, -0.1) is 0 Å². The number of rotatable bonds is 16. The minimum Gasteiger partial charge on any atom is -0.446 e. The van der Waals surface area contributed by atoms with E-state index in [-0.39, 0.29) is 12.2 Å². The number of nitrogens with zero attached hydrogens (tertiary/aromatic N) is 1. The number of hydrogen-bond donors (Lipinski definition) is 0. The van der Waals surface area contributed by atoms with Gasteiger partial charge in [0.2, 0.25) is 0 Å². The van der Waals surface area contributed by atoms with Gasteiger partial charge >= 0.3 is 6.09 Å². The van der Waals surface area contributed by atoms with Crippen LogP contribution in [-0.2, 0) is 4.74 Å². The van der Waals surface area contributed by atoms with Gasteiger partial charge in [0, 0.05) is 13.6 Å². The van der Waals surface area contributed by atoms with Gasteiger partial charge in [0.25, 0.3) is 0 Å². The summed E-state index contributed by atoms with van der Waals surface area (Å²) in [6, 6.07) is 0. The van der Waals surface area contributed by atoms with Crippen LogP contribution in [-0.4, -0.2) is 30.7 Å². The van der Waals surface area contributed by atoms with Crippen molar-refractivity contribution in [3.63, 3.8) is 0 Å². The van der Waals surface area contributed by atoms with Crippen LogP contribution in [0.3, 0.4) is 0 Å². The van der Waals surface area contributed by atoms with Gasteiger partial charge in [-0.05, 0) is 31.6 Å². The van der Waals surface area contributed by atoms with Crippen LogP contribution in [0, 0.1) is 11.8 Å². The molecule has 156 valence electrons. The highest BCUT2D eigenvalue weighted by Crippen LogP contribution is 2.24. The molecule has 0 aromatic heterocycles. The average molecular weight is 370 g/mol. The van der Waals surface area contributed by atoms with E-state index in [1.807, 2.05) is 7.05 Å².